The van der Waals surface area contributed by atoms with Crippen molar-refractivity contribution in [3.63, 3.8) is 0 Å². The van der Waals surface area contributed by atoms with Crippen LogP contribution in [0.15, 0.2) is 24.3 Å². The lowest BCUT2D eigenvalue weighted by Crippen LogP contribution is -2.26. The molecule has 6 heteroatoms. The van der Waals surface area contributed by atoms with E-state index in [1.165, 1.54) is 12.1 Å². The number of hydrogen-bond acceptors (Lipinski definition) is 2. The number of hydrogen-bond donors (Lipinski definition) is 1. The first-order chi connectivity index (χ1) is 7.03. The van der Waals surface area contributed by atoms with E-state index in [4.69, 9.17) is 0 Å². The van der Waals surface area contributed by atoms with Crippen molar-refractivity contribution in [3.05, 3.63) is 35.6 Å². The average Bonchev–Trinajstić information content (AvgIpc) is 2.21. The van der Waals surface area contributed by atoms with Crippen LogP contribution in [-0.4, -0.2) is 19.6 Å². The minimum Gasteiger partial charge on any atom is -0.214 e. The molecule has 0 saturated carbocycles. The minimum atomic E-state index is -3.21. The van der Waals surface area contributed by atoms with Crippen LogP contribution in [-0.2, 0) is 16.4 Å². The van der Waals surface area contributed by atoms with Crippen molar-refractivity contribution in [2.45, 2.75) is 6.42 Å². The molecule has 0 heterocycles. The molecule has 1 aromatic rings. The maximum absolute atomic E-state index is 12.5. The standard InChI is InChI=1S/C9H11BrFNO2S/c10-7-15(13,14)12-6-5-8-1-3-9(11)4-2-8/h1-4,12H,5-7H2. The van der Waals surface area contributed by atoms with Gasteiger partial charge in [-0.25, -0.2) is 17.5 Å². The highest BCUT2D eigenvalue weighted by Crippen LogP contribution is 2.03. The molecule has 15 heavy (non-hydrogen) atoms. The Kier molecular flexibility index (Phi) is 4.69. The number of rotatable bonds is 5. The molecule has 0 radical (unpaired) electrons. The topological polar surface area (TPSA) is 46.2 Å². The largest absolute Gasteiger partial charge is 0.221 e. The molecule has 0 saturated heterocycles. The van der Waals surface area contributed by atoms with E-state index in [0.29, 0.717) is 13.0 Å². The van der Waals surface area contributed by atoms with Crippen LogP contribution in [0.25, 0.3) is 0 Å². The Hall–Kier alpha value is -0.460. The van der Waals surface area contributed by atoms with Crippen molar-refractivity contribution in [3.8, 4) is 0 Å². The van der Waals surface area contributed by atoms with Crippen LogP contribution in [0.3, 0.4) is 0 Å². The van der Waals surface area contributed by atoms with E-state index in [1.807, 2.05) is 0 Å². The Balaban J connectivity index is 2.42. The smallest absolute Gasteiger partial charge is 0.214 e. The van der Waals surface area contributed by atoms with Gasteiger partial charge in [0.2, 0.25) is 10.0 Å². The lowest BCUT2D eigenvalue weighted by atomic mass is 10.1. The molecular weight excluding hydrogens is 285 g/mol. The zero-order chi connectivity index (χ0) is 11.3. The second kappa shape index (κ2) is 5.58. The Morgan fingerprint density at radius 2 is 1.87 bits per heavy atom. The normalized spacial score (nSPS) is 11.6. The van der Waals surface area contributed by atoms with E-state index in [1.54, 1.807) is 12.1 Å². The van der Waals surface area contributed by atoms with Gasteiger partial charge in [0, 0.05) is 6.54 Å². The molecule has 0 aromatic heterocycles. The molecule has 0 aliphatic rings. The molecule has 0 unspecified atom stereocenters. The van der Waals surface area contributed by atoms with E-state index in [2.05, 4.69) is 20.7 Å². The van der Waals surface area contributed by atoms with E-state index in [0.717, 1.165) is 5.56 Å². The summed E-state index contributed by atoms with van der Waals surface area (Å²) < 4.78 is 36.9. The SMILES string of the molecule is O=S(=O)(CBr)NCCc1ccc(F)cc1. The molecule has 3 nitrogen and oxygen atoms in total. The third kappa shape index (κ3) is 4.72. The summed E-state index contributed by atoms with van der Waals surface area (Å²) in [4.78, 5) is 0. The van der Waals surface area contributed by atoms with Gasteiger partial charge < -0.3 is 0 Å². The predicted molar refractivity (Wildman–Crippen MR) is 60.8 cm³/mol. The van der Waals surface area contributed by atoms with Crippen LogP contribution in [0.1, 0.15) is 5.56 Å². The Bertz CT molecular complexity index is 405. The Morgan fingerprint density at radius 3 is 2.40 bits per heavy atom. The van der Waals surface area contributed by atoms with Crippen molar-refractivity contribution in [1.82, 2.24) is 4.72 Å². The second-order valence-electron chi connectivity index (χ2n) is 2.99. The van der Waals surface area contributed by atoms with Gasteiger partial charge in [-0.05, 0) is 24.1 Å². The fourth-order valence-electron chi connectivity index (χ4n) is 1.04. The highest BCUT2D eigenvalue weighted by atomic mass is 79.9. The van der Waals surface area contributed by atoms with Gasteiger partial charge in [0.25, 0.3) is 0 Å². The van der Waals surface area contributed by atoms with Gasteiger partial charge in [0.05, 0.1) is 0 Å². The molecule has 0 atom stereocenters. The maximum Gasteiger partial charge on any atom is 0.221 e. The molecular formula is C9H11BrFNO2S. The molecule has 0 amide bonds. The highest BCUT2D eigenvalue weighted by Gasteiger charge is 2.05. The van der Waals surface area contributed by atoms with Crippen LogP contribution in [0, 0.1) is 5.82 Å². The lowest BCUT2D eigenvalue weighted by molar-refractivity contribution is 0.586. The summed E-state index contributed by atoms with van der Waals surface area (Å²) in [5.41, 5.74) is 0.897. The molecule has 0 spiro atoms. The zero-order valence-corrected chi connectivity index (χ0v) is 10.3. The molecule has 0 fully saturated rings. The number of sulfonamides is 1. The predicted octanol–water partition coefficient (Wildman–Crippen LogP) is 1.64. The Labute approximate surface area is 96.9 Å². The van der Waals surface area contributed by atoms with Crippen molar-refractivity contribution >= 4 is 26.0 Å². The molecule has 0 aliphatic carbocycles. The number of nitrogens with one attached hydrogen (secondary N) is 1. The maximum atomic E-state index is 12.5. The summed E-state index contributed by atoms with van der Waals surface area (Å²) in [7, 11) is -3.21. The van der Waals surface area contributed by atoms with Gasteiger partial charge in [0.1, 0.15) is 10.5 Å². The van der Waals surface area contributed by atoms with Crippen molar-refractivity contribution in [1.29, 1.82) is 0 Å². The van der Waals surface area contributed by atoms with Crippen molar-refractivity contribution in [2.24, 2.45) is 0 Å². The van der Waals surface area contributed by atoms with E-state index < -0.39 is 10.0 Å². The fourth-order valence-corrected chi connectivity index (χ4v) is 2.02. The molecule has 1 N–H and O–H groups in total. The van der Waals surface area contributed by atoms with Gasteiger partial charge in [0.15, 0.2) is 0 Å². The summed E-state index contributed by atoms with van der Waals surface area (Å²) >= 11 is 2.87. The van der Waals surface area contributed by atoms with E-state index in [9.17, 15) is 12.8 Å². The average molecular weight is 296 g/mol. The van der Waals surface area contributed by atoms with Gasteiger partial charge in [-0.1, -0.05) is 28.1 Å². The summed E-state index contributed by atoms with van der Waals surface area (Å²) in [5, 5.41) is 0. The van der Waals surface area contributed by atoms with Crippen LogP contribution in [0.4, 0.5) is 4.39 Å². The van der Waals surface area contributed by atoms with Crippen LogP contribution < -0.4 is 4.72 Å². The zero-order valence-electron chi connectivity index (χ0n) is 7.91. The number of benzene rings is 1. The van der Waals surface area contributed by atoms with Crippen LogP contribution >= 0.6 is 15.9 Å². The fraction of sp³-hybridized carbons (Fsp3) is 0.333. The number of alkyl halides is 1. The van der Waals surface area contributed by atoms with E-state index in [-0.39, 0.29) is 10.5 Å². The first kappa shape index (κ1) is 12.6. The first-order valence-electron chi connectivity index (χ1n) is 4.31. The quantitative estimate of drug-likeness (QED) is 0.840. The van der Waals surface area contributed by atoms with Gasteiger partial charge in [-0.2, -0.15) is 0 Å². The molecule has 1 rings (SSSR count). The molecule has 1 aromatic carbocycles. The summed E-state index contributed by atoms with van der Waals surface area (Å²) in [6, 6.07) is 5.98. The molecule has 84 valence electrons. The number of halogens is 2. The van der Waals surface area contributed by atoms with Gasteiger partial charge >= 0.3 is 0 Å². The van der Waals surface area contributed by atoms with Gasteiger partial charge in [-0.3, -0.25) is 0 Å². The summed E-state index contributed by atoms with van der Waals surface area (Å²) in [5.74, 6) is -0.292. The summed E-state index contributed by atoms with van der Waals surface area (Å²) in [6.07, 6.45) is 0.548. The summed E-state index contributed by atoms with van der Waals surface area (Å²) in [6.45, 7) is 0.319. The molecule has 0 aliphatic heterocycles. The van der Waals surface area contributed by atoms with Crippen LogP contribution in [0.2, 0.25) is 0 Å². The highest BCUT2D eigenvalue weighted by molar-refractivity contribution is 9.10. The van der Waals surface area contributed by atoms with Gasteiger partial charge in [-0.15, -0.1) is 0 Å². The third-order valence-corrected chi connectivity index (χ3v) is 4.53. The van der Waals surface area contributed by atoms with E-state index >= 15 is 0 Å². The lowest BCUT2D eigenvalue weighted by Gasteiger charge is -2.03. The third-order valence-electron chi connectivity index (χ3n) is 1.79. The van der Waals surface area contributed by atoms with Crippen LogP contribution in [0.5, 0.6) is 0 Å². The second-order valence-corrected chi connectivity index (χ2v) is 6.10. The monoisotopic (exact) mass is 295 g/mol. The molecule has 0 bridgehead atoms. The first-order valence-corrected chi connectivity index (χ1v) is 7.08. The van der Waals surface area contributed by atoms with Crippen molar-refractivity contribution in [2.75, 3.05) is 11.2 Å². The van der Waals surface area contributed by atoms with Crippen molar-refractivity contribution < 1.29 is 12.8 Å². The Morgan fingerprint density at radius 1 is 1.27 bits per heavy atom. The minimum absolute atomic E-state index is 0.108.